The number of rotatable bonds is 2. The van der Waals surface area contributed by atoms with Gasteiger partial charge >= 0.3 is 6.18 Å². The topological polar surface area (TPSA) is 75.0 Å². The van der Waals surface area contributed by atoms with E-state index in [2.05, 4.69) is 9.97 Å². The molecule has 3 rings (SSSR count). The number of halogens is 3. The van der Waals surface area contributed by atoms with Crippen LogP contribution in [0.15, 0.2) is 30.5 Å². The molecule has 22 heavy (non-hydrogen) atoms. The van der Waals surface area contributed by atoms with Gasteiger partial charge in [-0.1, -0.05) is 6.08 Å². The van der Waals surface area contributed by atoms with Crippen molar-refractivity contribution in [3.8, 4) is 0 Å². The maximum absolute atomic E-state index is 12.7. The molecular formula is C14H13F3N4O. The number of H-pyrrole nitrogens is 1. The minimum atomic E-state index is -4.47. The summed E-state index contributed by atoms with van der Waals surface area (Å²) in [5.74, 6) is -0.0689. The number of nitrogens with zero attached hydrogens (tertiary/aromatic N) is 2. The first kappa shape index (κ1) is 14.4. The summed E-state index contributed by atoms with van der Waals surface area (Å²) in [6, 6.07) is 3.85. The predicted molar refractivity (Wildman–Crippen MR) is 74.9 cm³/mol. The van der Waals surface area contributed by atoms with E-state index < -0.39 is 11.9 Å². The fraction of sp³-hybridized carbons (Fsp3) is 0.286. The molecule has 3 heterocycles. The number of aromatic amines is 1. The summed E-state index contributed by atoms with van der Waals surface area (Å²) >= 11 is 0. The van der Waals surface area contributed by atoms with E-state index >= 15 is 0 Å². The molecule has 1 atom stereocenters. The van der Waals surface area contributed by atoms with E-state index in [9.17, 15) is 18.0 Å². The number of primary amides is 1. The van der Waals surface area contributed by atoms with Crippen molar-refractivity contribution in [3.63, 3.8) is 0 Å². The van der Waals surface area contributed by atoms with Crippen LogP contribution < -0.4 is 10.6 Å². The molecule has 2 aromatic heterocycles. The second-order valence-corrected chi connectivity index (χ2v) is 5.11. The Morgan fingerprint density at radius 3 is 2.77 bits per heavy atom. The van der Waals surface area contributed by atoms with Crippen molar-refractivity contribution in [2.24, 2.45) is 11.7 Å². The summed E-state index contributed by atoms with van der Waals surface area (Å²) in [7, 11) is 0. The second-order valence-electron chi connectivity index (χ2n) is 5.11. The maximum atomic E-state index is 12.7. The standard InChI is InChI=1S/C14H13F3N4O/c15-14(16,17)11-2-1-9-10(19-11)7-12(20-9)21-5-3-8(4-6-21)13(18)22/h1-3,5,7-8,20H,4,6H2,(H2,18,22). The van der Waals surface area contributed by atoms with Crippen molar-refractivity contribution < 1.29 is 18.0 Å². The Bertz CT molecular complexity index is 750. The number of pyridine rings is 1. The average molecular weight is 310 g/mol. The number of amides is 1. The molecule has 1 amide bonds. The van der Waals surface area contributed by atoms with Crippen LogP contribution in [0.2, 0.25) is 0 Å². The number of nitrogens with two attached hydrogens (primary N) is 1. The second kappa shape index (κ2) is 5.04. The number of hydrogen-bond acceptors (Lipinski definition) is 3. The molecular weight excluding hydrogens is 297 g/mol. The first-order valence-corrected chi connectivity index (χ1v) is 6.66. The first-order valence-electron chi connectivity index (χ1n) is 6.66. The third kappa shape index (κ3) is 2.63. The zero-order valence-corrected chi connectivity index (χ0v) is 11.4. The van der Waals surface area contributed by atoms with Crippen molar-refractivity contribution in [1.82, 2.24) is 9.97 Å². The van der Waals surface area contributed by atoms with Crippen LogP contribution in [-0.2, 0) is 11.0 Å². The summed E-state index contributed by atoms with van der Waals surface area (Å²) in [5, 5.41) is 0. The van der Waals surface area contributed by atoms with Gasteiger partial charge in [0.2, 0.25) is 5.91 Å². The molecule has 5 nitrogen and oxygen atoms in total. The Balaban J connectivity index is 1.90. The summed E-state index contributed by atoms with van der Waals surface area (Å²) in [5.41, 5.74) is 5.08. The van der Waals surface area contributed by atoms with Crippen LogP contribution in [0.1, 0.15) is 12.1 Å². The van der Waals surface area contributed by atoms with Gasteiger partial charge in [0, 0.05) is 18.8 Å². The molecule has 1 aliphatic rings. The Morgan fingerprint density at radius 1 is 1.41 bits per heavy atom. The fourth-order valence-corrected chi connectivity index (χ4v) is 2.40. The number of carbonyl (C=O) groups is 1. The molecule has 0 bridgehead atoms. The van der Waals surface area contributed by atoms with Crippen molar-refractivity contribution in [1.29, 1.82) is 0 Å². The van der Waals surface area contributed by atoms with E-state index in [1.165, 1.54) is 6.07 Å². The van der Waals surface area contributed by atoms with Crippen molar-refractivity contribution >= 4 is 22.8 Å². The monoisotopic (exact) mass is 310 g/mol. The Hall–Kier alpha value is -2.51. The van der Waals surface area contributed by atoms with Gasteiger partial charge in [0.1, 0.15) is 11.5 Å². The van der Waals surface area contributed by atoms with Crippen molar-refractivity contribution in [3.05, 3.63) is 36.2 Å². The van der Waals surface area contributed by atoms with E-state index in [0.29, 0.717) is 24.3 Å². The number of nitrogens with one attached hydrogen (secondary N) is 1. The van der Waals surface area contributed by atoms with Crippen LogP contribution in [-0.4, -0.2) is 22.4 Å². The lowest BCUT2D eigenvalue weighted by Crippen LogP contribution is -2.31. The Morgan fingerprint density at radius 2 is 2.18 bits per heavy atom. The van der Waals surface area contributed by atoms with Gasteiger partial charge in [-0.05, 0) is 18.6 Å². The molecule has 0 aromatic carbocycles. The molecule has 116 valence electrons. The van der Waals surface area contributed by atoms with E-state index in [4.69, 9.17) is 5.73 Å². The third-order valence-corrected chi connectivity index (χ3v) is 3.61. The number of alkyl halides is 3. The quantitative estimate of drug-likeness (QED) is 0.894. The van der Waals surface area contributed by atoms with Crippen LogP contribution >= 0.6 is 0 Å². The van der Waals surface area contributed by atoms with Gasteiger partial charge in [0.05, 0.1) is 17.0 Å². The van der Waals surface area contributed by atoms with Crippen LogP contribution in [0, 0.1) is 5.92 Å². The summed E-state index contributed by atoms with van der Waals surface area (Å²) < 4.78 is 38.0. The van der Waals surface area contributed by atoms with Crippen LogP contribution in [0.4, 0.5) is 19.0 Å². The molecule has 0 spiro atoms. The lowest BCUT2D eigenvalue weighted by atomic mass is 10.0. The highest BCUT2D eigenvalue weighted by atomic mass is 19.4. The van der Waals surface area contributed by atoms with Crippen LogP contribution in [0.3, 0.4) is 0 Å². The number of hydrogen-bond donors (Lipinski definition) is 2. The predicted octanol–water partition coefficient (Wildman–Crippen LogP) is 2.41. The molecule has 0 saturated heterocycles. The van der Waals surface area contributed by atoms with Gasteiger partial charge < -0.3 is 15.6 Å². The highest BCUT2D eigenvalue weighted by Crippen LogP contribution is 2.30. The molecule has 1 aliphatic heterocycles. The van der Waals surface area contributed by atoms with Gasteiger partial charge in [-0.15, -0.1) is 0 Å². The van der Waals surface area contributed by atoms with Gasteiger partial charge in [0.25, 0.3) is 0 Å². The molecule has 3 N–H and O–H groups in total. The highest BCUT2D eigenvalue weighted by molar-refractivity contribution is 5.82. The lowest BCUT2D eigenvalue weighted by Gasteiger charge is -2.25. The number of anilines is 1. The molecule has 8 heteroatoms. The third-order valence-electron chi connectivity index (χ3n) is 3.61. The van der Waals surface area contributed by atoms with E-state index in [1.807, 2.05) is 4.90 Å². The largest absolute Gasteiger partial charge is 0.433 e. The van der Waals surface area contributed by atoms with Crippen molar-refractivity contribution in [2.75, 3.05) is 11.4 Å². The van der Waals surface area contributed by atoms with Gasteiger partial charge in [-0.25, -0.2) is 4.98 Å². The zero-order valence-electron chi connectivity index (χ0n) is 11.4. The minimum Gasteiger partial charge on any atom is -0.369 e. The van der Waals surface area contributed by atoms with E-state index in [0.717, 1.165) is 6.07 Å². The van der Waals surface area contributed by atoms with E-state index in [-0.39, 0.29) is 17.3 Å². The van der Waals surface area contributed by atoms with Gasteiger partial charge in [-0.3, -0.25) is 4.79 Å². The average Bonchev–Trinajstić information content (AvgIpc) is 2.89. The fourth-order valence-electron chi connectivity index (χ4n) is 2.40. The first-order chi connectivity index (χ1) is 10.3. The molecule has 2 aromatic rings. The molecule has 0 aliphatic carbocycles. The number of fused-ring (bicyclic) bond motifs is 1. The smallest absolute Gasteiger partial charge is 0.369 e. The lowest BCUT2D eigenvalue weighted by molar-refractivity contribution is -0.141. The number of carbonyl (C=O) groups excluding carboxylic acids is 1. The van der Waals surface area contributed by atoms with Gasteiger partial charge in [-0.2, -0.15) is 13.2 Å². The highest BCUT2D eigenvalue weighted by Gasteiger charge is 2.32. The normalized spacial score (nSPS) is 18.9. The van der Waals surface area contributed by atoms with Gasteiger partial charge in [0.15, 0.2) is 0 Å². The number of aromatic nitrogens is 2. The Kier molecular flexibility index (Phi) is 3.31. The van der Waals surface area contributed by atoms with Crippen LogP contribution in [0.25, 0.3) is 11.0 Å². The SMILES string of the molecule is NC(=O)C1C=CN(c2cc3nc(C(F)(F)F)ccc3[nH]2)CC1. The van der Waals surface area contributed by atoms with E-state index in [1.54, 1.807) is 18.3 Å². The molecule has 0 saturated carbocycles. The molecule has 0 fully saturated rings. The zero-order chi connectivity index (χ0) is 15.9. The maximum Gasteiger partial charge on any atom is 0.433 e. The minimum absolute atomic E-state index is 0.246. The molecule has 0 radical (unpaired) electrons. The van der Waals surface area contributed by atoms with Crippen LogP contribution in [0.5, 0.6) is 0 Å². The Labute approximate surface area is 123 Å². The van der Waals surface area contributed by atoms with Crippen molar-refractivity contribution in [2.45, 2.75) is 12.6 Å². The summed E-state index contributed by atoms with van der Waals surface area (Å²) in [6.07, 6.45) is -0.520. The molecule has 1 unspecified atom stereocenters. The summed E-state index contributed by atoms with van der Waals surface area (Å²) in [6.45, 7) is 0.545. The summed E-state index contributed by atoms with van der Waals surface area (Å²) in [4.78, 5) is 19.6.